The van der Waals surface area contributed by atoms with E-state index in [1.54, 1.807) is 30.3 Å². The Hall–Kier alpha value is -3.57. The summed E-state index contributed by atoms with van der Waals surface area (Å²) < 4.78 is 5.88. The van der Waals surface area contributed by atoms with E-state index in [2.05, 4.69) is 5.10 Å². The van der Waals surface area contributed by atoms with Crippen molar-refractivity contribution in [2.75, 3.05) is 5.01 Å². The first-order chi connectivity index (χ1) is 17.5. The van der Waals surface area contributed by atoms with Crippen LogP contribution in [-0.2, 0) is 11.4 Å². The maximum atomic E-state index is 13.5. The van der Waals surface area contributed by atoms with Gasteiger partial charge in [0.15, 0.2) is 5.75 Å². The molecule has 4 aromatic carbocycles. The number of nitrogens with zero attached hydrogens (tertiary/aromatic N) is 2. The molecule has 0 fully saturated rings. The van der Waals surface area contributed by atoms with E-state index in [1.807, 2.05) is 72.8 Å². The highest BCUT2D eigenvalue weighted by Crippen LogP contribution is 2.36. The van der Waals surface area contributed by atoms with Crippen molar-refractivity contribution in [3.05, 3.63) is 134 Å². The molecule has 7 heteroatoms. The molecule has 0 aromatic heterocycles. The van der Waals surface area contributed by atoms with E-state index in [1.165, 1.54) is 5.01 Å². The normalized spacial score (nSPS) is 14.3. The van der Waals surface area contributed by atoms with Crippen molar-refractivity contribution >= 4 is 58.2 Å². The maximum absolute atomic E-state index is 13.5. The van der Waals surface area contributed by atoms with Gasteiger partial charge >= 0.3 is 0 Å². The van der Waals surface area contributed by atoms with E-state index in [0.29, 0.717) is 43.4 Å². The Kier molecular flexibility index (Phi) is 7.10. The Morgan fingerprint density at radius 2 is 1.42 bits per heavy atom. The summed E-state index contributed by atoms with van der Waals surface area (Å²) in [5, 5.41) is 7.38. The zero-order valence-corrected chi connectivity index (χ0v) is 21.1. The number of carbonyl (C=O) groups excluding carboxylic acids is 1. The fourth-order valence-corrected chi connectivity index (χ4v) is 4.54. The number of benzene rings is 4. The van der Waals surface area contributed by atoms with E-state index >= 15 is 0 Å². The topological polar surface area (TPSA) is 41.9 Å². The number of carbonyl (C=O) groups is 1. The standard InChI is InChI=1S/C29H19Cl3N2O2/c30-22-13-11-19(12-14-22)18-36-28-25(31)16-20(17-26(28)32)15-24-27(21-7-3-1-4-8-21)33-34(29(24)35)23-9-5-2-6-10-23/h1-17H,18H2/b24-15-. The highest BCUT2D eigenvalue weighted by atomic mass is 35.5. The van der Waals surface area contributed by atoms with Crippen LogP contribution in [0.4, 0.5) is 5.69 Å². The second kappa shape index (κ2) is 10.6. The molecule has 0 aliphatic carbocycles. The zero-order chi connectivity index (χ0) is 25.1. The molecule has 0 spiro atoms. The summed E-state index contributed by atoms with van der Waals surface area (Å²) >= 11 is 19.0. The lowest BCUT2D eigenvalue weighted by atomic mass is 10.00. The molecule has 1 heterocycles. The highest BCUT2D eigenvalue weighted by molar-refractivity contribution is 6.39. The van der Waals surface area contributed by atoms with Crippen LogP contribution in [0.3, 0.4) is 0 Å². The molecule has 1 aliphatic rings. The second-order valence-corrected chi connectivity index (χ2v) is 9.30. The number of ether oxygens (including phenoxy) is 1. The molecule has 4 nitrogen and oxygen atoms in total. The number of anilines is 1. The fraction of sp³-hybridized carbons (Fsp3) is 0.0345. The lowest BCUT2D eigenvalue weighted by Gasteiger charge is -2.12. The van der Waals surface area contributed by atoms with E-state index < -0.39 is 0 Å². The number of hydrogen-bond acceptors (Lipinski definition) is 3. The summed E-state index contributed by atoms with van der Waals surface area (Å²) in [4.78, 5) is 13.5. The van der Waals surface area contributed by atoms with Gasteiger partial charge in [0, 0.05) is 10.6 Å². The molecule has 1 aliphatic heterocycles. The Balaban J connectivity index is 1.47. The first-order valence-electron chi connectivity index (χ1n) is 11.1. The Labute approximate surface area is 224 Å². The lowest BCUT2D eigenvalue weighted by molar-refractivity contribution is -0.114. The van der Waals surface area contributed by atoms with Crippen LogP contribution < -0.4 is 9.75 Å². The maximum Gasteiger partial charge on any atom is 0.281 e. The number of rotatable bonds is 6. The minimum absolute atomic E-state index is 0.240. The van der Waals surface area contributed by atoms with Gasteiger partial charge in [0.1, 0.15) is 12.3 Å². The monoisotopic (exact) mass is 532 g/mol. The molecule has 0 saturated carbocycles. The quantitative estimate of drug-likeness (QED) is 0.235. The van der Waals surface area contributed by atoms with Gasteiger partial charge in [-0.3, -0.25) is 4.79 Å². The molecule has 0 bridgehead atoms. The largest absolute Gasteiger partial charge is 0.486 e. The highest BCUT2D eigenvalue weighted by Gasteiger charge is 2.32. The Morgan fingerprint density at radius 1 is 0.806 bits per heavy atom. The van der Waals surface area contributed by atoms with E-state index in [9.17, 15) is 4.79 Å². The predicted octanol–water partition coefficient (Wildman–Crippen LogP) is 8.06. The summed E-state index contributed by atoms with van der Waals surface area (Å²) in [5.74, 6) is 0.131. The van der Waals surface area contributed by atoms with Crippen molar-refractivity contribution in [3.8, 4) is 5.75 Å². The van der Waals surface area contributed by atoms with Crippen LogP contribution in [0, 0.1) is 0 Å². The van der Waals surface area contributed by atoms with Crippen molar-refractivity contribution in [1.29, 1.82) is 0 Å². The van der Waals surface area contributed by atoms with Gasteiger partial charge in [0.25, 0.3) is 5.91 Å². The molecule has 178 valence electrons. The van der Waals surface area contributed by atoms with Crippen molar-refractivity contribution in [1.82, 2.24) is 0 Å². The van der Waals surface area contributed by atoms with Crippen molar-refractivity contribution < 1.29 is 9.53 Å². The third-order valence-electron chi connectivity index (χ3n) is 5.55. The first-order valence-corrected chi connectivity index (χ1v) is 12.2. The van der Waals surface area contributed by atoms with Gasteiger partial charge in [0.2, 0.25) is 0 Å². The van der Waals surface area contributed by atoms with Gasteiger partial charge in [-0.15, -0.1) is 0 Å². The van der Waals surface area contributed by atoms with E-state index in [-0.39, 0.29) is 12.5 Å². The molecular weight excluding hydrogens is 515 g/mol. The summed E-state index contributed by atoms with van der Waals surface area (Å²) in [6, 6.07) is 29.7. The number of amides is 1. The molecule has 0 radical (unpaired) electrons. The van der Waals surface area contributed by atoms with Gasteiger partial charge in [-0.2, -0.15) is 10.1 Å². The lowest BCUT2D eigenvalue weighted by Crippen LogP contribution is -2.21. The van der Waals surface area contributed by atoms with Crippen molar-refractivity contribution in [2.45, 2.75) is 6.61 Å². The number of hydrazone groups is 1. The summed E-state index contributed by atoms with van der Waals surface area (Å²) in [7, 11) is 0. The molecule has 4 aromatic rings. The van der Waals surface area contributed by atoms with Crippen LogP contribution in [0.2, 0.25) is 15.1 Å². The third kappa shape index (κ3) is 5.17. The van der Waals surface area contributed by atoms with Gasteiger partial charge in [-0.25, -0.2) is 0 Å². The van der Waals surface area contributed by atoms with Gasteiger partial charge < -0.3 is 4.74 Å². The average Bonchev–Trinajstić information content (AvgIpc) is 3.21. The SMILES string of the molecule is O=C1/C(=C\c2cc(Cl)c(OCc3ccc(Cl)cc3)c(Cl)c2)C(c2ccccc2)=NN1c1ccccc1. The molecule has 0 atom stereocenters. The van der Waals surface area contributed by atoms with E-state index in [0.717, 1.165) is 11.1 Å². The Bertz CT molecular complexity index is 1440. The molecule has 0 N–H and O–H groups in total. The summed E-state index contributed by atoms with van der Waals surface area (Å²) in [6.45, 7) is 0.284. The zero-order valence-electron chi connectivity index (χ0n) is 18.9. The third-order valence-corrected chi connectivity index (χ3v) is 6.37. The summed E-state index contributed by atoms with van der Waals surface area (Å²) in [5.41, 5.74) is 4.11. The van der Waals surface area contributed by atoms with Crippen LogP contribution in [-0.4, -0.2) is 11.6 Å². The number of halogens is 3. The van der Waals surface area contributed by atoms with Gasteiger partial charge in [0.05, 0.1) is 21.3 Å². The van der Waals surface area contributed by atoms with E-state index in [4.69, 9.17) is 39.5 Å². The predicted molar refractivity (Wildman–Crippen MR) is 147 cm³/mol. The summed E-state index contributed by atoms with van der Waals surface area (Å²) in [6.07, 6.45) is 1.75. The van der Waals surface area contributed by atoms with Gasteiger partial charge in [-0.1, -0.05) is 95.5 Å². The smallest absolute Gasteiger partial charge is 0.281 e. The molecular formula is C29H19Cl3N2O2. The molecule has 0 saturated heterocycles. The molecule has 36 heavy (non-hydrogen) atoms. The van der Waals surface area contributed by atoms with Crippen LogP contribution in [0.25, 0.3) is 6.08 Å². The second-order valence-electron chi connectivity index (χ2n) is 8.05. The Morgan fingerprint density at radius 3 is 2.06 bits per heavy atom. The van der Waals surface area contributed by atoms with Crippen LogP contribution in [0.1, 0.15) is 16.7 Å². The fourth-order valence-electron chi connectivity index (χ4n) is 3.80. The van der Waals surface area contributed by atoms with Crippen molar-refractivity contribution in [3.63, 3.8) is 0 Å². The minimum Gasteiger partial charge on any atom is -0.486 e. The average molecular weight is 534 g/mol. The van der Waals surface area contributed by atoms with Crippen LogP contribution >= 0.6 is 34.8 Å². The molecule has 0 unspecified atom stereocenters. The minimum atomic E-state index is -0.240. The van der Waals surface area contributed by atoms with Crippen LogP contribution in [0.5, 0.6) is 5.75 Å². The number of hydrogen-bond donors (Lipinski definition) is 0. The molecule has 5 rings (SSSR count). The van der Waals surface area contributed by atoms with Crippen LogP contribution in [0.15, 0.2) is 108 Å². The molecule has 1 amide bonds. The number of para-hydroxylation sites is 1. The van der Waals surface area contributed by atoms with Crippen molar-refractivity contribution in [2.24, 2.45) is 5.10 Å². The first kappa shape index (κ1) is 24.1. The van der Waals surface area contributed by atoms with Gasteiger partial charge in [-0.05, 0) is 53.6 Å².